The fraction of sp³-hybridized carbons (Fsp3) is 0.867. The highest BCUT2D eigenvalue weighted by molar-refractivity contribution is 5.40. The molecule has 0 radical (unpaired) electrons. The van der Waals surface area contributed by atoms with Crippen molar-refractivity contribution in [3.63, 3.8) is 0 Å². The van der Waals surface area contributed by atoms with Gasteiger partial charge in [-0.25, -0.2) is 0 Å². The van der Waals surface area contributed by atoms with Gasteiger partial charge in [-0.2, -0.15) is 0 Å². The Morgan fingerprint density at radius 2 is 1.83 bits per heavy atom. The van der Waals surface area contributed by atoms with Gasteiger partial charge < -0.3 is 25.2 Å². The minimum atomic E-state index is -0.907. The summed E-state index contributed by atoms with van der Waals surface area (Å²) in [5.41, 5.74) is 2.13. The maximum Gasteiger partial charge on any atom is 0.107 e. The molecule has 35 heavy (non-hydrogen) atoms. The fourth-order valence-electron chi connectivity index (χ4n) is 8.62. The highest BCUT2D eigenvalue weighted by Crippen LogP contribution is 2.66. The first kappa shape index (κ1) is 27.3. The van der Waals surface area contributed by atoms with Gasteiger partial charge in [-0.1, -0.05) is 56.9 Å². The first-order valence-electron chi connectivity index (χ1n) is 14.2. The van der Waals surface area contributed by atoms with E-state index in [-0.39, 0.29) is 17.4 Å². The van der Waals surface area contributed by atoms with Crippen LogP contribution in [0.4, 0.5) is 0 Å². The van der Waals surface area contributed by atoms with Crippen LogP contribution in [0.5, 0.6) is 0 Å². The Bertz CT molecular complexity index is 812. The molecule has 9 atom stereocenters. The molecule has 4 rings (SSSR count). The van der Waals surface area contributed by atoms with Gasteiger partial charge in [-0.05, 0) is 87.9 Å². The lowest BCUT2D eigenvalue weighted by Crippen LogP contribution is -2.59. The van der Waals surface area contributed by atoms with E-state index in [1.54, 1.807) is 0 Å². The molecule has 3 saturated carbocycles. The molecule has 5 nitrogen and oxygen atoms in total. The molecule has 200 valence electrons. The van der Waals surface area contributed by atoms with Crippen LogP contribution in [0, 0.1) is 34.5 Å². The van der Waals surface area contributed by atoms with E-state index < -0.39 is 23.9 Å². The van der Waals surface area contributed by atoms with Crippen LogP contribution in [0.1, 0.15) is 92.4 Å². The van der Waals surface area contributed by atoms with E-state index in [9.17, 15) is 20.4 Å². The van der Waals surface area contributed by atoms with Gasteiger partial charge in [0.15, 0.2) is 0 Å². The zero-order valence-corrected chi connectivity index (χ0v) is 22.7. The second-order valence-corrected chi connectivity index (χ2v) is 13.3. The summed E-state index contributed by atoms with van der Waals surface area (Å²) >= 11 is 0. The average molecular weight is 491 g/mol. The number of hydrogen-bond acceptors (Lipinski definition) is 5. The Hall–Kier alpha value is -0.720. The molecule has 0 spiro atoms. The largest absolute Gasteiger partial charge is 0.396 e. The van der Waals surface area contributed by atoms with Gasteiger partial charge in [0, 0.05) is 18.6 Å². The number of hydrogen-bond donors (Lipinski definition) is 4. The van der Waals surface area contributed by atoms with E-state index in [0.29, 0.717) is 43.1 Å². The van der Waals surface area contributed by atoms with E-state index >= 15 is 0 Å². The van der Waals surface area contributed by atoms with Gasteiger partial charge in [0.1, 0.15) is 6.10 Å². The van der Waals surface area contributed by atoms with Gasteiger partial charge in [-0.15, -0.1) is 0 Å². The van der Waals surface area contributed by atoms with Crippen molar-refractivity contribution in [1.82, 2.24) is 0 Å². The number of allylic oxidation sites excluding steroid dienone is 3. The smallest absolute Gasteiger partial charge is 0.107 e. The van der Waals surface area contributed by atoms with Crippen LogP contribution >= 0.6 is 0 Å². The first-order valence-corrected chi connectivity index (χ1v) is 14.2. The van der Waals surface area contributed by atoms with Crippen molar-refractivity contribution in [3.05, 3.63) is 23.3 Å². The van der Waals surface area contributed by atoms with Crippen LogP contribution in [0.3, 0.4) is 0 Å². The van der Waals surface area contributed by atoms with Crippen LogP contribution in [0.2, 0.25) is 0 Å². The predicted molar refractivity (Wildman–Crippen MR) is 139 cm³/mol. The van der Waals surface area contributed by atoms with Crippen LogP contribution in [-0.2, 0) is 4.74 Å². The Labute approximate surface area is 212 Å². The van der Waals surface area contributed by atoms with Crippen LogP contribution in [0.25, 0.3) is 0 Å². The molecule has 0 saturated heterocycles. The van der Waals surface area contributed by atoms with E-state index in [1.807, 2.05) is 13.8 Å². The van der Waals surface area contributed by atoms with E-state index in [2.05, 4.69) is 32.9 Å². The van der Waals surface area contributed by atoms with Crippen molar-refractivity contribution < 1.29 is 25.2 Å². The Morgan fingerprint density at radius 3 is 2.51 bits per heavy atom. The topological polar surface area (TPSA) is 90.2 Å². The number of rotatable bonds is 9. The maximum absolute atomic E-state index is 11.0. The van der Waals surface area contributed by atoms with Gasteiger partial charge >= 0.3 is 0 Å². The lowest BCUT2D eigenvalue weighted by atomic mass is 9.49. The van der Waals surface area contributed by atoms with Crippen molar-refractivity contribution in [2.75, 3.05) is 13.2 Å². The SMILES string of the molecule is C[C@H](CCCC(C)(C)O)[C@H]1CC[C@H]2C3=CC=C4C[C@@H](O)[C@@H](O)[C@H](OCCCO)[C@]4(C)C3CC[C@]12C. The molecule has 0 aromatic rings. The zero-order valence-electron chi connectivity index (χ0n) is 22.7. The Morgan fingerprint density at radius 1 is 1.09 bits per heavy atom. The molecule has 1 unspecified atom stereocenters. The van der Waals surface area contributed by atoms with Crippen LogP contribution in [-0.4, -0.2) is 57.6 Å². The van der Waals surface area contributed by atoms with Gasteiger partial charge in [0.2, 0.25) is 0 Å². The van der Waals surface area contributed by atoms with Crippen LogP contribution in [0.15, 0.2) is 23.3 Å². The predicted octanol–water partition coefficient (Wildman–Crippen LogP) is 4.77. The normalized spacial score (nSPS) is 42.0. The average Bonchev–Trinajstić information content (AvgIpc) is 3.14. The zero-order chi connectivity index (χ0) is 25.6. The van der Waals surface area contributed by atoms with Gasteiger partial charge in [0.05, 0.1) is 17.8 Å². The number of aliphatic hydroxyl groups is 4. The van der Waals surface area contributed by atoms with Crippen molar-refractivity contribution >= 4 is 0 Å². The van der Waals surface area contributed by atoms with E-state index in [0.717, 1.165) is 19.3 Å². The highest BCUT2D eigenvalue weighted by Gasteiger charge is 2.60. The summed E-state index contributed by atoms with van der Waals surface area (Å²) in [7, 11) is 0. The highest BCUT2D eigenvalue weighted by atomic mass is 16.5. The summed E-state index contributed by atoms with van der Waals surface area (Å²) in [6.07, 6.45) is 11.3. The molecule has 0 amide bonds. The monoisotopic (exact) mass is 490 g/mol. The molecule has 0 aromatic carbocycles. The molecule has 3 fully saturated rings. The number of fused-ring (bicyclic) bond motifs is 5. The van der Waals surface area contributed by atoms with E-state index in [4.69, 9.17) is 4.74 Å². The third-order valence-corrected chi connectivity index (χ3v) is 10.5. The van der Waals surface area contributed by atoms with Crippen molar-refractivity contribution in [2.24, 2.45) is 34.5 Å². The quantitative estimate of drug-likeness (QED) is 0.350. The van der Waals surface area contributed by atoms with Gasteiger partial charge in [0.25, 0.3) is 0 Å². The lowest BCUT2D eigenvalue weighted by Gasteiger charge is -2.58. The molecular formula is C30H50O5. The standard InChI is InChI=1S/C30H50O5/c1-19(8-6-14-28(2,3)34)22-11-12-23-21-10-9-20-18-25(32)26(33)27(35-17-7-16-31)30(20,5)24(21)13-15-29(22,23)4/h9-10,19,22-27,31-34H,6-8,11-18H2,1-5H3/t19-,22-,23+,24?,25-,26-,27+,29-,30+/m1/s1. The van der Waals surface area contributed by atoms with Crippen molar-refractivity contribution in [2.45, 2.75) is 116 Å². The van der Waals surface area contributed by atoms with Crippen molar-refractivity contribution in [1.29, 1.82) is 0 Å². The summed E-state index contributed by atoms with van der Waals surface area (Å²) in [6.45, 7) is 11.5. The molecule has 4 N–H and O–H groups in total. The summed E-state index contributed by atoms with van der Waals surface area (Å²) in [5, 5.41) is 41.0. The number of aliphatic hydroxyl groups excluding tert-OH is 3. The molecule has 0 aliphatic heterocycles. The minimum absolute atomic E-state index is 0.0646. The third kappa shape index (κ3) is 4.93. The lowest BCUT2D eigenvalue weighted by molar-refractivity contribution is -0.164. The van der Waals surface area contributed by atoms with E-state index in [1.165, 1.54) is 36.8 Å². The molecule has 4 aliphatic carbocycles. The van der Waals surface area contributed by atoms with Crippen molar-refractivity contribution in [3.8, 4) is 0 Å². The summed E-state index contributed by atoms with van der Waals surface area (Å²) in [5.74, 6) is 2.23. The second kappa shape index (κ2) is 10.2. The molecule has 0 aromatic heterocycles. The maximum atomic E-state index is 11.0. The van der Waals surface area contributed by atoms with Crippen LogP contribution < -0.4 is 0 Å². The summed E-state index contributed by atoms with van der Waals surface area (Å²) in [4.78, 5) is 0. The minimum Gasteiger partial charge on any atom is -0.396 e. The molecule has 5 heteroatoms. The Kier molecular flexibility index (Phi) is 7.97. The molecule has 4 aliphatic rings. The Balaban J connectivity index is 1.56. The first-order chi connectivity index (χ1) is 16.4. The molecule has 0 heterocycles. The summed E-state index contributed by atoms with van der Waals surface area (Å²) < 4.78 is 6.24. The molecule has 0 bridgehead atoms. The second-order valence-electron chi connectivity index (χ2n) is 13.3. The summed E-state index contributed by atoms with van der Waals surface area (Å²) in [6, 6.07) is 0. The third-order valence-electron chi connectivity index (χ3n) is 10.5. The fourth-order valence-corrected chi connectivity index (χ4v) is 8.62. The molecular weight excluding hydrogens is 440 g/mol. The van der Waals surface area contributed by atoms with Gasteiger partial charge in [-0.3, -0.25) is 0 Å². The number of ether oxygens (including phenoxy) is 1.